The summed E-state index contributed by atoms with van der Waals surface area (Å²) in [6, 6.07) is 7.69. The van der Waals surface area contributed by atoms with Crippen molar-refractivity contribution in [2.24, 2.45) is 4.99 Å². The molecular weight excluding hydrogens is 293 g/mol. The monoisotopic (exact) mass is 317 g/mol. The highest BCUT2D eigenvalue weighted by Crippen LogP contribution is 2.42. The van der Waals surface area contributed by atoms with Gasteiger partial charge in [-0.05, 0) is 44.2 Å². The van der Waals surface area contributed by atoms with Crippen LogP contribution in [0, 0.1) is 5.82 Å². The number of guanidine groups is 1. The van der Waals surface area contributed by atoms with Crippen LogP contribution in [0.15, 0.2) is 29.3 Å². The quantitative estimate of drug-likeness (QED) is 0.663. The first-order valence-electron chi connectivity index (χ1n) is 8.72. The number of aliphatic imine (C=N–C) groups is 1. The largest absolute Gasteiger partial charge is 0.373 e. The van der Waals surface area contributed by atoms with Crippen LogP contribution in [0.25, 0.3) is 0 Å². The summed E-state index contributed by atoms with van der Waals surface area (Å²) >= 11 is 0. The molecule has 1 aliphatic carbocycles. The van der Waals surface area contributed by atoms with E-state index in [4.69, 9.17) is 4.74 Å². The minimum absolute atomic E-state index is 0.106. The standard InChI is InChI=1S/C18H24FN3O/c1-2-20-18(22-16-9-11-7-8-17(16)23-11)21-15-10-13(15)12-5-3-4-6-14(12)19/h3-6,11,13,15-17H,2,7-10H2,1H3,(H2,20,21,22). The zero-order chi connectivity index (χ0) is 15.8. The van der Waals surface area contributed by atoms with E-state index < -0.39 is 0 Å². The van der Waals surface area contributed by atoms with Crippen LogP contribution < -0.4 is 10.6 Å². The van der Waals surface area contributed by atoms with Crippen molar-refractivity contribution in [2.45, 2.75) is 62.8 Å². The summed E-state index contributed by atoms with van der Waals surface area (Å²) in [6.45, 7) is 2.76. The van der Waals surface area contributed by atoms with Crippen molar-refractivity contribution in [1.82, 2.24) is 10.6 Å². The fourth-order valence-corrected chi connectivity index (χ4v) is 3.91. The van der Waals surface area contributed by atoms with Crippen LogP contribution in [0.3, 0.4) is 0 Å². The molecule has 3 fully saturated rings. The second-order valence-electron chi connectivity index (χ2n) is 6.80. The fraction of sp³-hybridized carbons (Fsp3) is 0.611. The van der Waals surface area contributed by atoms with Gasteiger partial charge in [0.05, 0.1) is 18.2 Å². The van der Waals surface area contributed by atoms with Crippen molar-refractivity contribution >= 4 is 5.96 Å². The summed E-state index contributed by atoms with van der Waals surface area (Å²) in [5.74, 6) is 0.985. The van der Waals surface area contributed by atoms with Gasteiger partial charge in [0, 0.05) is 18.5 Å². The topological polar surface area (TPSA) is 45.7 Å². The predicted octanol–water partition coefficient (Wildman–Crippen LogP) is 2.56. The summed E-state index contributed by atoms with van der Waals surface area (Å²) in [6.07, 6.45) is 5.10. The molecular formula is C18H24FN3O. The van der Waals surface area contributed by atoms with Crippen molar-refractivity contribution in [2.75, 3.05) is 6.54 Å². The van der Waals surface area contributed by atoms with Gasteiger partial charge in [-0.2, -0.15) is 0 Å². The highest BCUT2D eigenvalue weighted by Gasteiger charge is 2.43. The molecule has 0 radical (unpaired) electrons. The van der Waals surface area contributed by atoms with Gasteiger partial charge >= 0.3 is 0 Å². The molecule has 2 aliphatic heterocycles. The van der Waals surface area contributed by atoms with E-state index >= 15 is 0 Å². The molecule has 23 heavy (non-hydrogen) atoms. The number of benzene rings is 1. The number of nitrogens with zero attached hydrogens (tertiary/aromatic N) is 1. The van der Waals surface area contributed by atoms with Crippen molar-refractivity contribution in [1.29, 1.82) is 0 Å². The second-order valence-corrected chi connectivity index (χ2v) is 6.80. The number of hydrogen-bond donors (Lipinski definition) is 2. The van der Waals surface area contributed by atoms with E-state index in [1.165, 1.54) is 12.5 Å². The normalized spacial score (nSPS) is 35.4. The van der Waals surface area contributed by atoms with E-state index in [-0.39, 0.29) is 17.8 Å². The third-order valence-corrected chi connectivity index (χ3v) is 5.16. The Kier molecular flexibility index (Phi) is 3.97. The Balaban J connectivity index is 1.37. The van der Waals surface area contributed by atoms with E-state index in [1.807, 2.05) is 19.1 Å². The molecule has 5 heteroatoms. The molecule has 0 spiro atoms. The van der Waals surface area contributed by atoms with E-state index in [0.717, 1.165) is 37.3 Å². The van der Waals surface area contributed by atoms with Crippen molar-refractivity contribution in [3.8, 4) is 0 Å². The molecule has 2 bridgehead atoms. The number of rotatable bonds is 4. The molecule has 3 aliphatic rings. The SMILES string of the molecule is CCN=C(NC1CC2CCC1O2)NC1CC1c1ccccc1F. The molecule has 124 valence electrons. The third-order valence-electron chi connectivity index (χ3n) is 5.16. The molecule has 5 atom stereocenters. The van der Waals surface area contributed by atoms with Crippen LogP contribution in [-0.4, -0.2) is 36.8 Å². The maximum absolute atomic E-state index is 13.9. The second kappa shape index (κ2) is 6.11. The highest BCUT2D eigenvalue weighted by atomic mass is 19.1. The summed E-state index contributed by atoms with van der Waals surface area (Å²) < 4.78 is 19.8. The molecule has 1 aromatic carbocycles. The lowest BCUT2D eigenvalue weighted by Gasteiger charge is -2.23. The molecule has 2 saturated heterocycles. The van der Waals surface area contributed by atoms with Crippen LogP contribution in [0.4, 0.5) is 4.39 Å². The van der Waals surface area contributed by atoms with Gasteiger partial charge in [-0.1, -0.05) is 18.2 Å². The number of nitrogens with one attached hydrogen (secondary N) is 2. The average Bonchev–Trinajstić information content (AvgIpc) is 2.98. The lowest BCUT2D eigenvalue weighted by molar-refractivity contribution is 0.0992. The Morgan fingerprint density at radius 3 is 2.74 bits per heavy atom. The molecule has 2 N–H and O–H groups in total. The van der Waals surface area contributed by atoms with Crippen LogP contribution in [0.1, 0.15) is 44.1 Å². The summed E-state index contributed by atoms with van der Waals surface area (Å²) in [7, 11) is 0. The first-order chi connectivity index (χ1) is 11.2. The van der Waals surface area contributed by atoms with Gasteiger partial charge in [0.2, 0.25) is 0 Å². The van der Waals surface area contributed by atoms with Gasteiger partial charge in [0.25, 0.3) is 0 Å². The van der Waals surface area contributed by atoms with Gasteiger partial charge in [-0.3, -0.25) is 4.99 Å². The molecule has 2 heterocycles. The summed E-state index contributed by atoms with van der Waals surface area (Å²) in [5.41, 5.74) is 0.809. The Morgan fingerprint density at radius 1 is 1.22 bits per heavy atom. The fourth-order valence-electron chi connectivity index (χ4n) is 3.91. The number of hydrogen-bond acceptors (Lipinski definition) is 2. The van der Waals surface area contributed by atoms with Crippen LogP contribution in [0.2, 0.25) is 0 Å². The summed E-state index contributed by atoms with van der Waals surface area (Å²) in [5, 5.41) is 7.00. The van der Waals surface area contributed by atoms with E-state index in [2.05, 4.69) is 15.6 Å². The molecule has 5 unspecified atom stereocenters. The zero-order valence-corrected chi connectivity index (χ0v) is 13.5. The maximum atomic E-state index is 13.9. The predicted molar refractivity (Wildman–Crippen MR) is 88.1 cm³/mol. The molecule has 1 aromatic rings. The van der Waals surface area contributed by atoms with Crippen molar-refractivity contribution in [3.63, 3.8) is 0 Å². The molecule has 0 amide bonds. The Morgan fingerprint density at radius 2 is 2.04 bits per heavy atom. The minimum Gasteiger partial charge on any atom is -0.373 e. The molecule has 4 nitrogen and oxygen atoms in total. The average molecular weight is 317 g/mol. The minimum atomic E-state index is -0.106. The van der Waals surface area contributed by atoms with Gasteiger partial charge in [0.1, 0.15) is 5.82 Å². The number of fused-ring (bicyclic) bond motifs is 2. The van der Waals surface area contributed by atoms with E-state index in [9.17, 15) is 4.39 Å². The van der Waals surface area contributed by atoms with Gasteiger partial charge in [-0.15, -0.1) is 0 Å². The van der Waals surface area contributed by atoms with Crippen molar-refractivity contribution in [3.05, 3.63) is 35.6 Å². The Hall–Kier alpha value is -1.62. The molecule has 0 aromatic heterocycles. The van der Waals surface area contributed by atoms with Gasteiger partial charge in [0.15, 0.2) is 5.96 Å². The Bertz CT molecular complexity index is 606. The van der Waals surface area contributed by atoms with E-state index in [0.29, 0.717) is 18.2 Å². The first kappa shape index (κ1) is 14.9. The Labute approximate surface area is 136 Å². The van der Waals surface area contributed by atoms with Crippen LogP contribution in [0.5, 0.6) is 0 Å². The van der Waals surface area contributed by atoms with Gasteiger partial charge in [-0.25, -0.2) is 4.39 Å². The zero-order valence-electron chi connectivity index (χ0n) is 13.5. The smallest absolute Gasteiger partial charge is 0.191 e. The summed E-state index contributed by atoms with van der Waals surface area (Å²) in [4.78, 5) is 4.55. The lowest BCUT2D eigenvalue weighted by Crippen LogP contribution is -2.48. The van der Waals surface area contributed by atoms with Crippen LogP contribution >= 0.6 is 0 Å². The van der Waals surface area contributed by atoms with Crippen molar-refractivity contribution < 1.29 is 9.13 Å². The number of ether oxygens (including phenoxy) is 1. The van der Waals surface area contributed by atoms with Crippen LogP contribution in [-0.2, 0) is 4.74 Å². The van der Waals surface area contributed by atoms with Gasteiger partial charge < -0.3 is 15.4 Å². The van der Waals surface area contributed by atoms with E-state index in [1.54, 1.807) is 6.07 Å². The lowest BCUT2D eigenvalue weighted by atomic mass is 9.96. The first-order valence-corrected chi connectivity index (χ1v) is 8.72. The molecule has 4 rings (SSSR count). The highest BCUT2D eigenvalue weighted by molar-refractivity contribution is 5.81. The third kappa shape index (κ3) is 3.07. The number of halogens is 1. The molecule has 1 saturated carbocycles. The maximum Gasteiger partial charge on any atom is 0.191 e.